The molecular weight excluding hydrogens is 280 g/mol. The largest absolute Gasteiger partial charge is 0.465 e. The van der Waals surface area contributed by atoms with Crippen LogP contribution >= 0.6 is 11.8 Å². The van der Waals surface area contributed by atoms with Crippen LogP contribution in [-0.2, 0) is 27.8 Å². The van der Waals surface area contributed by atoms with Gasteiger partial charge in [0.15, 0.2) is 5.16 Å². The summed E-state index contributed by atoms with van der Waals surface area (Å²) in [7, 11) is 1.86. The molecular formula is C12H18N4O3S. The number of amides is 1. The summed E-state index contributed by atoms with van der Waals surface area (Å²) < 4.78 is 6.79. The Morgan fingerprint density at radius 1 is 1.55 bits per heavy atom. The van der Waals surface area contributed by atoms with Crippen LogP contribution in [-0.4, -0.2) is 39.0 Å². The number of thioether (sulfide) groups is 1. The Labute approximate surface area is 121 Å². The summed E-state index contributed by atoms with van der Waals surface area (Å²) in [5.41, 5.74) is 5.11. The van der Waals surface area contributed by atoms with Gasteiger partial charge in [0.1, 0.15) is 5.82 Å². The van der Waals surface area contributed by atoms with E-state index in [-0.39, 0.29) is 24.2 Å². The van der Waals surface area contributed by atoms with Crippen LogP contribution in [0.15, 0.2) is 5.16 Å². The van der Waals surface area contributed by atoms with Crippen molar-refractivity contribution in [1.82, 2.24) is 14.8 Å². The van der Waals surface area contributed by atoms with Gasteiger partial charge in [-0.1, -0.05) is 11.8 Å². The van der Waals surface area contributed by atoms with Gasteiger partial charge in [-0.3, -0.25) is 9.59 Å². The lowest BCUT2D eigenvalue weighted by Crippen LogP contribution is -2.13. The molecule has 0 bridgehead atoms. The number of nitrogens with zero attached hydrogens (tertiary/aromatic N) is 3. The van der Waals surface area contributed by atoms with E-state index in [0.29, 0.717) is 13.0 Å². The fourth-order valence-electron chi connectivity index (χ4n) is 2.02. The van der Waals surface area contributed by atoms with Gasteiger partial charge in [0, 0.05) is 25.6 Å². The Morgan fingerprint density at radius 3 is 3.00 bits per heavy atom. The van der Waals surface area contributed by atoms with Crippen molar-refractivity contribution in [2.24, 2.45) is 18.7 Å². The molecule has 1 fully saturated rings. The normalized spacial score (nSPS) is 18.2. The molecule has 20 heavy (non-hydrogen) atoms. The van der Waals surface area contributed by atoms with Crippen molar-refractivity contribution in [3.63, 3.8) is 0 Å². The first-order valence-electron chi connectivity index (χ1n) is 6.54. The first-order valence-corrected chi connectivity index (χ1v) is 7.52. The van der Waals surface area contributed by atoms with Crippen LogP contribution in [0, 0.1) is 5.92 Å². The Balaban J connectivity index is 1.81. The first-order chi connectivity index (χ1) is 9.58. The van der Waals surface area contributed by atoms with E-state index in [0.717, 1.165) is 29.6 Å². The van der Waals surface area contributed by atoms with Crippen molar-refractivity contribution in [3.8, 4) is 0 Å². The maximum atomic E-state index is 11.3. The molecule has 1 saturated heterocycles. The van der Waals surface area contributed by atoms with E-state index in [2.05, 4.69) is 10.2 Å². The van der Waals surface area contributed by atoms with Gasteiger partial charge >= 0.3 is 5.97 Å². The smallest absolute Gasteiger partial charge is 0.309 e. The van der Waals surface area contributed by atoms with Gasteiger partial charge in [0.25, 0.3) is 0 Å². The summed E-state index contributed by atoms with van der Waals surface area (Å²) >= 11 is 1.56. The third kappa shape index (κ3) is 3.72. The first kappa shape index (κ1) is 14.8. The Bertz CT molecular complexity index is 503. The number of aromatic nitrogens is 3. The molecule has 1 unspecified atom stereocenters. The summed E-state index contributed by atoms with van der Waals surface area (Å²) in [5, 5.41) is 8.92. The van der Waals surface area contributed by atoms with Crippen molar-refractivity contribution < 1.29 is 14.3 Å². The number of hydrogen-bond donors (Lipinski definition) is 1. The minimum absolute atomic E-state index is 0.0186. The van der Waals surface area contributed by atoms with E-state index in [1.807, 2.05) is 11.6 Å². The summed E-state index contributed by atoms with van der Waals surface area (Å²) in [6, 6.07) is 0. The highest BCUT2D eigenvalue weighted by Crippen LogP contribution is 2.23. The van der Waals surface area contributed by atoms with Crippen LogP contribution < -0.4 is 5.73 Å². The summed E-state index contributed by atoms with van der Waals surface area (Å²) in [5.74, 6) is 1.12. The highest BCUT2D eigenvalue weighted by Gasteiger charge is 2.26. The van der Waals surface area contributed by atoms with Gasteiger partial charge in [0.05, 0.1) is 12.5 Å². The fraction of sp³-hybridized carbons (Fsp3) is 0.667. The lowest BCUT2D eigenvalue weighted by atomic mass is 10.1. The van der Waals surface area contributed by atoms with Gasteiger partial charge in [-0.25, -0.2) is 0 Å². The number of cyclic esters (lactones) is 1. The number of carbonyl (C=O) groups is 2. The SMILES string of the molecule is Cn1c(CCC(N)=O)nnc1SCCC1CCOC1=O. The average molecular weight is 298 g/mol. The van der Waals surface area contributed by atoms with E-state index in [1.54, 1.807) is 11.8 Å². The zero-order chi connectivity index (χ0) is 14.5. The van der Waals surface area contributed by atoms with Gasteiger partial charge in [-0.05, 0) is 12.8 Å². The predicted octanol–water partition coefficient (Wildman–Crippen LogP) is 0.278. The van der Waals surface area contributed by atoms with E-state index >= 15 is 0 Å². The zero-order valence-electron chi connectivity index (χ0n) is 11.4. The van der Waals surface area contributed by atoms with Gasteiger partial charge in [0.2, 0.25) is 5.91 Å². The molecule has 0 aliphatic carbocycles. The fourth-order valence-corrected chi connectivity index (χ4v) is 3.00. The van der Waals surface area contributed by atoms with E-state index in [4.69, 9.17) is 10.5 Å². The van der Waals surface area contributed by atoms with E-state index in [9.17, 15) is 9.59 Å². The molecule has 1 amide bonds. The molecule has 110 valence electrons. The molecule has 0 aromatic carbocycles. The number of nitrogens with two attached hydrogens (primary N) is 1. The topological polar surface area (TPSA) is 100 Å². The number of carbonyl (C=O) groups excluding carboxylic acids is 2. The molecule has 2 N–H and O–H groups in total. The molecule has 0 spiro atoms. The molecule has 2 rings (SSSR count). The van der Waals surface area contributed by atoms with Crippen LogP contribution in [0.2, 0.25) is 0 Å². The minimum Gasteiger partial charge on any atom is -0.465 e. The summed E-state index contributed by atoms with van der Waals surface area (Å²) in [6.45, 7) is 0.537. The van der Waals surface area contributed by atoms with Gasteiger partial charge in [-0.2, -0.15) is 0 Å². The second kappa shape index (κ2) is 6.74. The van der Waals surface area contributed by atoms with Crippen molar-refractivity contribution in [3.05, 3.63) is 5.82 Å². The number of aryl methyl sites for hydroxylation is 1. The molecule has 7 nitrogen and oxygen atoms in total. The standard InChI is InChI=1S/C12H18N4O3S/c1-16-10(3-2-9(13)17)14-15-12(16)20-7-5-8-4-6-19-11(8)18/h8H,2-7H2,1H3,(H2,13,17). The van der Waals surface area contributed by atoms with Crippen molar-refractivity contribution in [2.45, 2.75) is 30.8 Å². The predicted molar refractivity (Wildman–Crippen MR) is 72.9 cm³/mol. The monoisotopic (exact) mass is 298 g/mol. The van der Waals surface area contributed by atoms with Crippen LogP contribution in [0.4, 0.5) is 0 Å². The van der Waals surface area contributed by atoms with Crippen LogP contribution in [0.5, 0.6) is 0 Å². The molecule has 8 heteroatoms. The summed E-state index contributed by atoms with van der Waals surface area (Å²) in [4.78, 5) is 22.1. The Morgan fingerprint density at radius 2 is 2.35 bits per heavy atom. The molecule has 1 aromatic rings. The number of hydrogen-bond acceptors (Lipinski definition) is 6. The number of esters is 1. The zero-order valence-corrected chi connectivity index (χ0v) is 12.2. The lowest BCUT2D eigenvalue weighted by molar-refractivity contribution is -0.141. The molecule has 2 heterocycles. The molecule has 1 aliphatic heterocycles. The lowest BCUT2D eigenvalue weighted by Gasteiger charge is -2.05. The summed E-state index contributed by atoms with van der Waals surface area (Å²) in [6.07, 6.45) is 2.36. The maximum absolute atomic E-state index is 11.3. The number of ether oxygens (including phenoxy) is 1. The van der Waals surface area contributed by atoms with Gasteiger partial charge < -0.3 is 15.0 Å². The Kier molecular flexibility index (Phi) is 4.99. The number of primary amides is 1. The van der Waals surface area contributed by atoms with Crippen molar-refractivity contribution in [1.29, 1.82) is 0 Å². The minimum atomic E-state index is -0.345. The average Bonchev–Trinajstić information content (AvgIpc) is 2.95. The Hall–Kier alpha value is -1.57. The molecule has 0 radical (unpaired) electrons. The van der Waals surface area contributed by atoms with Gasteiger partial charge in [-0.15, -0.1) is 10.2 Å². The maximum Gasteiger partial charge on any atom is 0.309 e. The highest BCUT2D eigenvalue weighted by molar-refractivity contribution is 7.99. The molecule has 0 saturated carbocycles. The van der Waals surface area contributed by atoms with Crippen molar-refractivity contribution in [2.75, 3.05) is 12.4 Å². The number of rotatable bonds is 7. The second-order valence-electron chi connectivity index (χ2n) is 4.71. The third-order valence-corrected chi connectivity index (χ3v) is 4.32. The molecule has 1 aromatic heterocycles. The quantitative estimate of drug-likeness (QED) is 0.573. The molecule has 1 atom stereocenters. The third-order valence-electron chi connectivity index (χ3n) is 3.26. The van der Waals surface area contributed by atoms with E-state index in [1.165, 1.54) is 0 Å². The van der Waals surface area contributed by atoms with E-state index < -0.39 is 0 Å². The van der Waals surface area contributed by atoms with Crippen LogP contribution in [0.25, 0.3) is 0 Å². The molecule has 1 aliphatic rings. The van der Waals surface area contributed by atoms with Crippen LogP contribution in [0.3, 0.4) is 0 Å². The second-order valence-corrected chi connectivity index (χ2v) is 5.78. The highest BCUT2D eigenvalue weighted by atomic mass is 32.2. The van der Waals surface area contributed by atoms with Crippen LogP contribution in [0.1, 0.15) is 25.1 Å². The van der Waals surface area contributed by atoms with Crippen molar-refractivity contribution >= 4 is 23.6 Å².